The third-order valence-electron chi connectivity index (χ3n) is 3.63. The quantitative estimate of drug-likeness (QED) is 0.687. The van der Waals surface area contributed by atoms with E-state index in [1.807, 2.05) is 24.3 Å². The molecule has 0 aliphatic heterocycles. The minimum Gasteiger partial charge on any atom is -0.497 e. The number of nitrogens with zero attached hydrogens (tertiary/aromatic N) is 2. The Morgan fingerprint density at radius 2 is 1.81 bits per heavy atom. The zero-order chi connectivity index (χ0) is 18.4. The fraction of sp³-hybridized carbons (Fsp3) is 0.105. The summed E-state index contributed by atoms with van der Waals surface area (Å²) in [6.07, 6.45) is 1.35. The molecule has 0 radical (unpaired) electrons. The Kier molecular flexibility index (Phi) is 5.66. The standard InChI is InChI=1S/C19H17ClN4O2/c1-26-16-8-2-13(3-9-16)11-21-18-10-17(22-12-23-18)19(25)24-15-6-4-14(20)5-7-15/h2-10,12H,11H2,1H3,(H,24,25)(H,21,22,23). The summed E-state index contributed by atoms with van der Waals surface area (Å²) in [5.41, 5.74) is 1.98. The molecule has 3 rings (SSSR count). The molecule has 1 heterocycles. The van der Waals surface area contributed by atoms with Crippen molar-refractivity contribution in [1.82, 2.24) is 9.97 Å². The van der Waals surface area contributed by atoms with Crippen molar-refractivity contribution in [2.45, 2.75) is 6.54 Å². The van der Waals surface area contributed by atoms with Gasteiger partial charge in [-0.15, -0.1) is 0 Å². The highest BCUT2D eigenvalue weighted by Gasteiger charge is 2.09. The van der Waals surface area contributed by atoms with Crippen LogP contribution in [0.1, 0.15) is 16.1 Å². The number of aromatic nitrogens is 2. The maximum absolute atomic E-state index is 12.3. The third kappa shape index (κ3) is 4.70. The monoisotopic (exact) mass is 368 g/mol. The van der Waals surface area contributed by atoms with Gasteiger partial charge in [0.15, 0.2) is 0 Å². The first kappa shape index (κ1) is 17.7. The van der Waals surface area contributed by atoms with Crippen molar-refractivity contribution in [2.24, 2.45) is 0 Å². The van der Waals surface area contributed by atoms with Gasteiger partial charge < -0.3 is 15.4 Å². The molecule has 0 aliphatic carbocycles. The summed E-state index contributed by atoms with van der Waals surface area (Å²) in [7, 11) is 1.63. The van der Waals surface area contributed by atoms with Crippen molar-refractivity contribution in [3.8, 4) is 5.75 Å². The summed E-state index contributed by atoms with van der Waals surface area (Å²) in [5, 5.41) is 6.55. The Morgan fingerprint density at radius 3 is 2.50 bits per heavy atom. The first-order valence-electron chi connectivity index (χ1n) is 7.90. The van der Waals surface area contributed by atoms with Gasteiger partial charge in [0.25, 0.3) is 5.91 Å². The molecule has 1 amide bonds. The topological polar surface area (TPSA) is 76.1 Å². The molecule has 26 heavy (non-hydrogen) atoms. The maximum Gasteiger partial charge on any atom is 0.274 e. The number of carbonyl (C=O) groups excluding carboxylic acids is 1. The van der Waals surface area contributed by atoms with E-state index in [1.54, 1.807) is 37.4 Å². The Morgan fingerprint density at radius 1 is 1.08 bits per heavy atom. The second-order valence-corrected chi connectivity index (χ2v) is 5.89. The summed E-state index contributed by atoms with van der Waals surface area (Å²) in [4.78, 5) is 20.5. The van der Waals surface area contributed by atoms with Crippen LogP contribution in [0.2, 0.25) is 5.02 Å². The van der Waals surface area contributed by atoms with Gasteiger partial charge in [-0.3, -0.25) is 4.79 Å². The highest BCUT2D eigenvalue weighted by Crippen LogP contribution is 2.15. The molecule has 2 aromatic carbocycles. The predicted molar refractivity (Wildman–Crippen MR) is 102 cm³/mol. The SMILES string of the molecule is COc1ccc(CNc2cc(C(=O)Nc3ccc(Cl)cc3)ncn2)cc1. The molecule has 2 N–H and O–H groups in total. The average Bonchev–Trinajstić information content (AvgIpc) is 2.69. The van der Waals surface area contributed by atoms with E-state index in [1.165, 1.54) is 6.33 Å². The summed E-state index contributed by atoms with van der Waals surface area (Å²) in [5.74, 6) is 1.05. The number of nitrogens with one attached hydrogen (secondary N) is 2. The Labute approximate surface area is 156 Å². The molecule has 0 atom stereocenters. The molecule has 0 saturated heterocycles. The Bertz CT molecular complexity index is 883. The number of hydrogen-bond donors (Lipinski definition) is 2. The lowest BCUT2D eigenvalue weighted by molar-refractivity contribution is 0.102. The number of amides is 1. The van der Waals surface area contributed by atoms with Gasteiger partial charge in [-0.25, -0.2) is 9.97 Å². The van der Waals surface area contributed by atoms with Crippen molar-refractivity contribution in [3.05, 3.63) is 77.2 Å². The van der Waals surface area contributed by atoms with Crippen LogP contribution in [0.15, 0.2) is 60.9 Å². The molecule has 0 spiro atoms. The van der Waals surface area contributed by atoms with Crippen molar-refractivity contribution in [2.75, 3.05) is 17.7 Å². The van der Waals surface area contributed by atoms with Crippen LogP contribution in [0, 0.1) is 0 Å². The molecule has 7 heteroatoms. The number of carbonyl (C=O) groups is 1. The molecular formula is C19H17ClN4O2. The Hall–Kier alpha value is -3.12. The minimum atomic E-state index is -0.317. The molecule has 1 aromatic heterocycles. The first-order valence-corrected chi connectivity index (χ1v) is 8.27. The van der Waals surface area contributed by atoms with E-state index in [2.05, 4.69) is 20.6 Å². The van der Waals surface area contributed by atoms with E-state index in [0.717, 1.165) is 11.3 Å². The number of halogens is 1. The van der Waals surface area contributed by atoms with Crippen molar-refractivity contribution < 1.29 is 9.53 Å². The third-order valence-corrected chi connectivity index (χ3v) is 3.89. The number of hydrogen-bond acceptors (Lipinski definition) is 5. The van der Waals surface area contributed by atoms with Crippen LogP contribution >= 0.6 is 11.6 Å². The number of benzene rings is 2. The number of methoxy groups -OCH3 is 1. The molecule has 0 fully saturated rings. The molecule has 3 aromatic rings. The van der Waals surface area contributed by atoms with Crippen LogP contribution < -0.4 is 15.4 Å². The van der Waals surface area contributed by atoms with Crippen LogP contribution in [-0.4, -0.2) is 23.0 Å². The van der Waals surface area contributed by atoms with Crippen molar-refractivity contribution in [1.29, 1.82) is 0 Å². The molecular weight excluding hydrogens is 352 g/mol. The predicted octanol–water partition coefficient (Wildman–Crippen LogP) is 4.00. The highest BCUT2D eigenvalue weighted by molar-refractivity contribution is 6.30. The first-order chi connectivity index (χ1) is 12.6. The fourth-order valence-corrected chi connectivity index (χ4v) is 2.37. The molecule has 0 unspecified atom stereocenters. The van der Waals surface area contributed by atoms with Crippen LogP contribution in [-0.2, 0) is 6.54 Å². The van der Waals surface area contributed by atoms with E-state index in [0.29, 0.717) is 23.1 Å². The lowest BCUT2D eigenvalue weighted by Crippen LogP contribution is -2.14. The van der Waals surface area contributed by atoms with Gasteiger partial charge in [-0.2, -0.15) is 0 Å². The summed E-state index contributed by atoms with van der Waals surface area (Å²) >= 11 is 5.84. The van der Waals surface area contributed by atoms with Crippen LogP contribution in [0.5, 0.6) is 5.75 Å². The van der Waals surface area contributed by atoms with Crippen molar-refractivity contribution >= 4 is 29.0 Å². The van der Waals surface area contributed by atoms with E-state index in [9.17, 15) is 4.79 Å². The highest BCUT2D eigenvalue weighted by atomic mass is 35.5. The van der Waals surface area contributed by atoms with Crippen LogP contribution in [0.4, 0.5) is 11.5 Å². The van der Waals surface area contributed by atoms with Gasteiger partial charge in [0.1, 0.15) is 23.6 Å². The van der Waals surface area contributed by atoms with Gasteiger partial charge in [-0.1, -0.05) is 23.7 Å². The number of anilines is 2. The summed E-state index contributed by atoms with van der Waals surface area (Å²) < 4.78 is 5.14. The molecule has 0 aliphatic rings. The number of ether oxygens (including phenoxy) is 1. The average molecular weight is 369 g/mol. The molecule has 6 nitrogen and oxygen atoms in total. The largest absolute Gasteiger partial charge is 0.497 e. The van der Waals surface area contributed by atoms with Gasteiger partial charge in [0.05, 0.1) is 7.11 Å². The smallest absolute Gasteiger partial charge is 0.274 e. The maximum atomic E-state index is 12.3. The van der Waals surface area contributed by atoms with Crippen LogP contribution in [0.3, 0.4) is 0 Å². The van der Waals surface area contributed by atoms with E-state index in [4.69, 9.17) is 16.3 Å². The summed E-state index contributed by atoms with van der Waals surface area (Å²) in [6, 6.07) is 16.2. The molecule has 132 valence electrons. The Balaban J connectivity index is 1.63. The zero-order valence-electron chi connectivity index (χ0n) is 14.1. The summed E-state index contributed by atoms with van der Waals surface area (Å²) in [6.45, 7) is 0.569. The fourth-order valence-electron chi connectivity index (χ4n) is 2.24. The second kappa shape index (κ2) is 8.31. The van der Waals surface area contributed by atoms with Crippen molar-refractivity contribution in [3.63, 3.8) is 0 Å². The van der Waals surface area contributed by atoms with E-state index < -0.39 is 0 Å². The van der Waals surface area contributed by atoms with Crippen LogP contribution in [0.25, 0.3) is 0 Å². The number of rotatable bonds is 6. The van der Waals surface area contributed by atoms with Gasteiger partial charge >= 0.3 is 0 Å². The van der Waals surface area contributed by atoms with E-state index >= 15 is 0 Å². The molecule has 0 bridgehead atoms. The normalized spacial score (nSPS) is 10.2. The zero-order valence-corrected chi connectivity index (χ0v) is 14.8. The lowest BCUT2D eigenvalue weighted by atomic mass is 10.2. The van der Waals surface area contributed by atoms with Gasteiger partial charge in [0.2, 0.25) is 0 Å². The lowest BCUT2D eigenvalue weighted by Gasteiger charge is -2.08. The minimum absolute atomic E-state index is 0.271. The van der Waals surface area contributed by atoms with E-state index in [-0.39, 0.29) is 11.6 Å². The van der Waals surface area contributed by atoms with Gasteiger partial charge in [0, 0.05) is 23.3 Å². The van der Waals surface area contributed by atoms with Gasteiger partial charge in [-0.05, 0) is 42.0 Å². The molecule has 0 saturated carbocycles. The second-order valence-electron chi connectivity index (χ2n) is 5.45.